The zero-order chi connectivity index (χ0) is 17.4. The molecule has 0 bridgehead atoms. The molecule has 0 aliphatic carbocycles. The Morgan fingerprint density at radius 1 is 1.22 bits per heavy atom. The summed E-state index contributed by atoms with van der Waals surface area (Å²) in [4.78, 5) is 11.8. The Hall–Kier alpha value is -1.48. The SMILES string of the molecule is COc1cc2c(cc1S(=O)(=O)Cl)CCN(C(=O)C(F)(F)F)CC2. The van der Waals surface area contributed by atoms with Crippen LogP contribution in [0.3, 0.4) is 0 Å². The van der Waals surface area contributed by atoms with Gasteiger partial charge in [0.25, 0.3) is 9.05 Å². The van der Waals surface area contributed by atoms with Crippen molar-refractivity contribution in [3.05, 3.63) is 23.3 Å². The molecule has 1 aliphatic heterocycles. The maximum absolute atomic E-state index is 12.5. The first kappa shape index (κ1) is 17.9. The molecule has 23 heavy (non-hydrogen) atoms. The zero-order valence-electron chi connectivity index (χ0n) is 12.0. The molecule has 1 aromatic carbocycles. The van der Waals surface area contributed by atoms with Crippen molar-refractivity contribution >= 4 is 25.6 Å². The lowest BCUT2D eigenvalue weighted by Crippen LogP contribution is -2.42. The number of halogens is 4. The maximum Gasteiger partial charge on any atom is 0.471 e. The van der Waals surface area contributed by atoms with Crippen LogP contribution in [-0.4, -0.2) is 45.6 Å². The van der Waals surface area contributed by atoms with Gasteiger partial charge in [0.2, 0.25) is 0 Å². The smallest absolute Gasteiger partial charge is 0.471 e. The molecule has 5 nitrogen and oxygen atoms in total. The van der Waals surface area contributed by atoms with Gasteiger partial charge in [-0.3, -0.25) is 4.79 Å². The average molecular weight is 372 g/mol. The Labute approximate surface area is 135 Å². The van der Waals surface area contributed by atoms with Crippen molar-refractivity contribution < 1.29 is 31.1 Å². The van der Waals surface area contributed by atoms with Crippen molar-refractivity contribution in [3.63, 3.8) is 0 Å². The van der Waals surface area contributed by atoms with Crippen molar-refractivity contribution in [2.75, 3.05) is 20.2 Å². The van der Waals surface area contributed by atoms with E-state index in [0.29, 0.717) is 16.0 Å². The number of hydrogen-bond acceptors (Lipinski definition) is 4. The maximum atomic E-state index is 12.5. The van der Waals surface area contributed by atoms with Crippen molar-refractivity contribution in [2.45, 2.75) is 23.9 Å². The van der Waals surface area contributed by atoms with E-state index in [1.54, 1.807) is 0 Å². The lowest BCUT2D eigenvalue weighted by Gasteiger charge is -2.21. The van der Waals surface area contributed by atoms with E-state index in [1.165, 1.54) is 19.2 Å². The molecule has 0 unspecified atom stereocenters. The van der Waals surface area contributed by atoms with Crippen LogP contribution < -0.4 is 4.74 Å². The molecule has 0 aromatic heterocycles. The fraction of sp³-hybridized carbons (Fsp3) is 0.462. The molecule has 0 radical (unpaired) electrons. The van der Waals surface area contributed by atoms with Crippen LogP contribution in [0, 0.1) is 0 Å². The highest BCUT2D eigenvalue weighted by molar-refractivity contribution is 8.13. The summed E-state index contributed by atoms with van der Waals surface area (Å²) in [5.74, 6) is -1.88. The molecule has 0 saturated heterocycles. The number of alkyl halides is 3. The molecular weight excluding hydrogens is 359 g/mol. The highest BCUT2D eigenvalue weighted by Gasteiger charge is 2.42. The Kier molecular flexibility index (Phi) is 4.81. The topological polar surface area (TPSA) is 63.7 Å². The first-order valence-corrected chi connectivity index (χ1v) is 8.85. The normalized spacial score (nSPS) is 15.8. The molecule has 0 atom stereocenters. The number of amides is 1. The summed E-state index contributed by atoms with van der Waals surface area (Å²) in [6, 6.07) is 2.73. The number of ether oxygens (including phenoxy) is 1. The van der Waals surface area contributed by atoms with E-state index < -0.39 is 21.1 Å². The standard InChI is InChI=1S/C13H13ClF3NO4S/c1-22-10-6-8-2-4-18(12(19)13(15,16)17)5-3-9(8)7-11(10)23(14,20)21/h6-7H,2-5H2,1H3. The molecule has 0 N–H and O–H groups in total. The van der Waals surface area contributed by atoms with Gasteiger partial charge in [-0.15, -0.1) is 0 Å². The van der Waals surface area contributed by atoms with Crippen LogP contribution in [-0.2, 0) is 26.7 Å². The summed E-state index contributed by atoms with van der Waals surface area (Å²) >= 11 is 0. The summed E-state index contributed by atoms with van der Waals surface area (Å²) in [6.45, 7) is -0.263. The number of rotatable bonds is 2. The number of carbonyl (C=O) groups is 1. The minimum Gasteiger partial charge on any atom is -0.495 e. The molecule has 0 saturated carbocycles. The van der Waals surface area contributed by atoms with E-state index in [1.807, 2.05) is 0 Å². The monoisotopic (exact) mass is 371 g/mol. The molecule has 0 spiro atoms. The van der Waals surface area contributed by atoms with Crippen LogP contribution in [0.1, 0.15) is 11.1 Å². The Bertz CT molecular complexity index is 733. The van der Waals surface area contributed by atoms with E-state index in [0.717, 1.165) is 0 Å². The third kappa shape index (κ3) is 3.89. The van der Waals surface area contributed by atoms with Gasteiger partial charge in [-0.1, -0.05) is 0 Å². The van der Waals surface area contributed by atoms with Crippen LogP contribution in [0.15, 0.2) is 17.0 Å². The van der Waals surface area contributed by atoms with Crippen LogP contribution in [0.25, 0.3) is 0 Å². The van der Waals surface area contributed by atoms with Crippen molar-refractivity contribution in [3.8, 4) is 5.75 Å². The van der Waals surface area contributed by atoms with Gasteiger partial charge in [0.15, 0.2) is 0 Å². The predicted molar refractivity (Wildman–Crippen MR) is 76.1 cm³/mol. The number of methoxy groups -OCH3 is 1. The van der Waals surface area contributed by atoms with E-state index in [4.69, 9.17) is 15.4 Å². The second kappa shape index (κ2) is 6.20. The minimum absolute atomic E-state index is 0.0225. The third-order valence-electron chi connectivity index (χ3n) is 3.58. The molecule has 1 heterocycles. The minimum atomic E-state index is -4.93. The van der Waals surface area contributed by atoms with Gasteiger partial charge in [0.05, 0.1) is 7.11 Å². The molecule has 2 rings (SSSR count). The van der Waals surface area contributed by atoms with Crippen LogP contribution in [0.5, 0.6) is 5.75 Å². The van der Waals surface area contributed by atoms with Gasteiger partial charge in [0.1, 0.15) is 10.6 Å². The fourth-order valence-electron chi connectivity index (χ4n) is 2.46. The third-order valence-corrected chi connectivity index (χ3v) is 4.92. The second-order valence-corrected chi connectivity index (χ2v) is 7.53. The van der Waals surface area contributed by atoms with Crippen LogP contribution >= 0.6 is 10.7 Å². The first-order valence-electron chi connectivity index (χ1n) is 6.54. The lowest BCUT2D eigenvalue weighted by molar-refractivity contribution is -0.185. The number of hydrogen-bond donors (Lipinski definition) is 0. The summed E-state index contributed by atoms with van der Waals surface area (Å²) < 4.78 is 65.7. The Morgan fingerprint density at radius 3 is 2.17 bits per heavy atom. The number of carbonyl (C=O) groups excluding carboxylic acids is 1. The zero-order valence-corrected chi connectivity index (χ0v) is 13.6. The van der Waals surface area contributed by atoms with Crippen LogP contribution in [0.4, 0.5) is 13.2 Å². The molecule has 0 fully saturated rings. The van der Waals surface area contributed by atoms with Gasteiger partial charge in [-0.05, 0) is 36.1 Å². The quantitative estimate of drug-likeness (QED) is 0.747. The predicted octanol–water partition coefficient (Wildman–Crippen LogP) is 2.11. The fourth-order valence-corrected chi connectivity index (χ4v) is 3.49. The van der Waals surface area contributed by atoms with E-state index in [-0.39, 0.29) is 36.6 Å². The van der Waals surface area contributed by atoms with Crippen molar-refractivity contribution in [2.24, 2.45) is 0 Å². The van der Waals surface area contributed by atoms with Gasteiger partial charge in [-0.25, -0.2) is 8.42 Å². The molecular formula is C13H13ClF3NO4S. The Balaban J connectivity index is 2.36. The van der Waals surface area contributed by atoms with E-state index >= 15 is 0 Å². The average Bonchev–Trinajstić information content (AvgIpc) is 2.65. The summed E-state index contributed by atoms with van der Waals surface area (Å²) in [5, 5.41) is 0. The summed E-state index contributed by atoms with van der Waals surface area (Å²) in [7, 11) is 2.55. The number of nitrogens with zero attached hydrogens (tertiary/aromatic N) is 1. The van der Waals surface area contributed by atoms with Gasteiger partial charge >= 0.3 is 12.1 Å². The van der Waals surface area contributed by atoms with E-state index in [2.05, 4.69) is 0 Å². The Morgan fingerprint density at radius 2 is 1.74 bits per heavy atom. The highest BCUT2D eigenvalue weighted by atomic mass is 35.7. The van der Waals surface area contributed by atoms with Crippen LogP contribution in [0.2, 0.25) is 0 Å². The summed E-state index contributed by atoms with van der Waals surface area (Å²) in [5.41, 5.74) is 1.16. The van der Waals surface area contributed by atoms with E-state index in [9.17, 15) is 26.4 Å². The summed E-state index contributed by atoms with van der Waals surface area (Å²) in [6.07, 6.45) is -4.67. The van der Waals surface area contributed by atoms with Crippen molar-refractivity contribution in [1.82, 2.24) is 4.90 Å². The first-order chi connectivity index (χ1) is 10.5. The second-order valence-electron chi connectivity index (χ2n) is 5.00. The largest absolute Gasteiger partial charge is 0.495 e. The molecule has 1 aliphatic rings. The van der Waals surface area contributed by atoms with Gasteiger partial charge in [-0.2, -0.15) is 13.2 Å². The number of fused-ring (bicyclic) bond motifs is 1. The molecule has 10 heteroatoms. The molecule has 1 amide bonds. The van der Waals surface area contributed by atoms with Crippen molar-refractivity contribution in [1.29, 1.82) is 0 Å². The molecule has 1 aromatic rings. The molecule has 128 valence electrons. The highest BCUT2D eigenvalue weighted by Crippen LogP contribution is 2.32. The number of benzene rings is 1. The lowest BCUT2D eigenvalue weighted by atomic mass is 10.0. The van der Waals surface area contributed by atoms with Gasteiger partial charge < -0.3 is 9.64 Å². The van der Waals surface area contributed by atoms with Gasteiger partial charge in [0, 0.05) is 23.8 Å².